The Balaban J connectivity index is 2.11. The van der Waals surface area contributed by atoms with Gasteiger partial charge in [-0.3, -0.25) is 9.48 Å². The van der Waals surface area contributed by atoms with Gasteiger partial charge in [-0.1, -0.05) is 11.6 Å². The van der Waals surface area contributed by atoms with E-state index in [0.717, 1.165) is 5.69 Å². The zero-order valence-electron chi connectivity index (χ0n) is 8.85. The van der Waals surface area contributed by atoms with Crippen LogP contribution in [0.2, 0.25) is 5.02 Å². The maximum atomic E-state index is 11.8. The fraction of sp³-hybridized carbons (Fsp3) is 0.167. The maximum Gasteiger partial charge on any atom is 0.168 e. The van der Waals surface area contributed by atoms with E-state index in [2.05, 4.69) is 5.10 Å². The van der Waals surface area contributed by atoms with Crippen LogP contribution in [0, 0.1) is 0 Å². The molecule has 2 rings (SSSR count). The van der Waals surface area contributed by atoms with Crippen LogP contribution in [-0.2, 0) is 13.5 Å². The molecule has 3 nitrogen and oxygen atoms in total. The molecule has 0 fully saturated rings. The average Bonchev–Trinajstić information content (AvgIpc) is 2.65. The Morgan fingerprint density at radius 1 is 1.31 bits per heavy atom. The standard InChI is InChI=1S/C12H11ClN2O/c1-15-7-6-11(14-15)8-12(16)9-2-4-10(13)5-3-9/h2-7H,8H2,1H3. The number of hydrogen-bond donors (Lipinski definition) is 0. The van der Waals surface area contributed by atoms with Crippen LogP contribution in [0.1, 0.15) is 16.1 Å². The first kappa shape index (κ1) is 10.9. The summed E-state index contributed by atoms with van der Waals surface area (Å²) in [5, 5.41) is 4.80. The molecule has 0 aliphatic carbocycles. The van der Waals surface area contributed by atoms with E-state index >= 15 is 0 Å². The van der Waals surface area contributed by atoms with Crippen molar-refractivity contribution in [3.63, 3.8) is 0 Å². The molecule has 0 saturated carbocycles. The van der Waals surface area contributed by atoms with Crippen LogP contribution in [0.4, 0.5) is 0 Å². The molecule has 2 aromatic rings. The highest BCUT2D eigenvalue weighted by atomic mass is 35.5. The summed E-state index contributed by atoms with van der Waals surface area (Å²) < 4.78 is 1.68. The summed E-state index contributed by atoms with van der Waals surface area (Å²) in [6.45, 7) is 0. The van der Waals surface area contributed by atoms with E-state index in [1.54, 1.807) is 28.9 Å². The van der Waals surface area contributed by atoms with Gasteiger partial charge in [0.2, 0.25) is 0 Å². The normalized spacial score (nSPS) is 10.4. The van der Waals surface area contributed by atoms with Gasteiger partial charge in [0.1, 0.15) is 0 Å². The van der Waals surface area contributed by atoms with Crippen molar-refractivity contribution >= 4 is 17.4 Å². The number of rotatable bonds is 3. The number of hydrogen-bond acceptors (Lipinski definition) is 2. The number of halogens is 1. The number of carbonyl (C=O) groups excluding carboxylic acids is 1. The van der Waals surface area contributed by atoms with Crippen molar-refractivity contribution in [1.29, 1.82) is 0 Å². The second kappa shape index (κ2) is 4.49. The van der Waals surface area contributed by atoms with Crippen LogP contribution >= 0.6 is 11.6 Å². The van der Waals surface area contributed by atoms with E-state index in [1.165, 1.54) is 0 Å². The third-order valence-electron chi connectivity index (χ3n) is 2.28. The number of aromatic nitrogens is 2. The predicted molar refractivity (Wildman–Crippen MR) is 62.7 cm³/mol. The molecule has 1 aromatic heterocycles. The molecule has 0 N–H and O–H groups in total. The lowest BCUT2D eigenvalue weighted by Gasteiger charge is -1.98. The van der Waals surface area contributed by atoms with Gasteiger partial charge >= 0.3 is 0 Å². The third-order valence-corrected chi connectivity index (χ3v) is 2.53. The summed E-state index contributed by atoms with van der Waals surface area (Å²) in [7, 11) is 1.83. The summed E-state index contributed by atoms with van der Waals surface area (Å²) in [5.41, 5.74) is 1.44. The lowest BCUT2D eigenvalue weighted by atomic mass is 10.1. The first-order valence-corrected chi connectivity index (χ1v) is 5.30. The second-order valence-corrected chi connectivity index (χ2v) is 4.02. The Bertz CT molecular complexity index is 502. The molecule has 16 heavy (non-hydrogen) atoms. The average molecular weight is 235 g/mol. The van der Waals surface area contributed by atoms with Gasteiger partial charge < -0.3 is 0 Å². The largest absolute Gasteiger partial charge is 0.294 e. The Morgan fingerprint density at radius 3 is 2.56 bits per heavy atom. The van der Waals surface area contributed by atoms with E-state index in [4.69, 9.17) is 11.6 Å². The highest BCUT2D eigenvalue weighted by Gasteiger charge is 2.08. The minimum absolute atomic E-state index is 0.0513. The van der Waals surface area contributed by atoms with Crippen molar-refractivity contribution in [1.82, 2.24) is 9.78 Å². The molecule has 0 radical (unpaired) electrons. The number of aryl methyl sites for hydroxylation is 1. The van der Waals surface area contributed by atoms with Crippen LogP contribution in [0.15, 0.2) is 36.5 Å². The minimum atomic E-state index is 0.0513. The van der Waals surface area contributed by atoms with Crippen molar-refractivity contribution < 1.29 is 4.79 Å². The lowest BCUT2D eigenvalue weighted by molar-refractivity contribution is 0.0992. The number of carbonyl (C=O) groups is 1. The molecule has 82 valence electrons. The lowest BCUT2D eigenvalue weighted by Crippen LogP contribution is -2.04. The number of Topliss-reactive ketones (excluding diaryl/α,β-unsaturated/α-hetero) is 1. The van der Waals surface area contributed by atoms with Gasteiger partial charge in [0.15, 0.2) is 5.78 Å². The van der Waals surface area contributed by atoms with Gasteiger partial charge in [0.25, 0.3) is 0 Å². The summed E-state index contributed by atoms with van der Waals surface area (Å²) in [4.78, 5) is 11.8. The molecule has 0 saturated heterocycles. The van der Waals surface area contributed by atoms with Gasteiger partial charge in [0, 0.05) is 23.8 Å². The van der Waals surface area contributed by atoms with Crippen LogP contribution in [0.3, 0.4) is 0 Å². The smallest absolute Gasteiger partial charge is 0.168 e. The molecule has 0 amide bonds. The van der Waals surface area contributed by atoms with Crippen LogP contribution < -0.4 is 0 Å². The molecule has 0 spiro atoms. The van der Waals surface area contributed by atoms with E-state index < -0.39 is 0 Å². The molecule has 0 unspecified atom stereocenters. The van der Waals surface area contributed by atoms with Crippen molar-refractivity contribution in [3.05, 3.63) is 52.8 Å². The molecule has 1 aromatic carbocycles. The minimum Gasteiger partial charge on any atom is -0.294 e. The van der Waals surface area contributed by atoms with Crippen molar-refractivity contribution in [3.8, 4) is 0 Å². The van der Waals surface area contributed by atoms with Crippen molar-refractivity contribution in [2.24, 2.45) is 7.05 Å². The van der Waals surface area contributed by atoms with E-state index in [-0.39, 0.29) is 5.78 Å². The molecule has 0 aliphatic rings. The Morgan fingerprint density at radius 2 is 2.00 bits per heavy atom. The van der Waals surface area contributed by atoms with Crippen molar-refractivity contribution in [2.45, 2.75) is 6.42 Å². The predicted octanol–water partition coefficient (Wildman–Crippen LogP) is 2.50. The third kappa shape index (κ3) is 2.49. The van der Waals surface area contributed by atoms with Gasteiger partial charge in [-0.2, -0.15) is 5.10 Å². The first-order chi connectivity index (χ1) is 7.65. The van der Waals surface area contributed by atoms with Crippen molar-refractivity contribution in [2.75, 3.05) is 0 Å². The maximum absolute atomic E-state index is 11.8. The molecular formula is C12H11ClN2O. The van der Waals surface area contributed by atoms with Crippen LogP contribution in [0.25, 0.3) is 0 Å². The van der Waals surface area contributed by atoms with Crippen LogP contribution in [0.5, 0.6) is 0 Å². The first-order valence-electron chi connectivity index (χ1n) is 4.92. The second-order valence-electron chi connectivity index (χ2n) is 3.59. The highest BCUT2D eigenvalue weighted by molar-refractivity contribution is 6.30. The zero-order valence-corrected chi connectivity index (χ0v) is 9.61. The molecule has 1 heterocycles. The molecule has 0 aliphatic heterocycles. The summed E-state index contributed by atoms with van der Waals surface area (Å²) in [5.74, 6) is 0.0513. The number of benzene rings is 1. The molecule has 0 bridgehead atoms. The molecule has 0 atom stereocenters. The summed E-state index contributed by atoms with van der Waals surface area (Å²) >= 11 is 5.75. The zero-order chi connectivity index (χ0) is 11.5. The highest BCUT2D eigenvalue weighted by Crippen LogP contribution is 2.11. The Hall–Kier alpha value is -1.61. The summed E-state index contributed by atoms with van der Waals surface area (Å²) in [6, 6.07) is 8.73. The molecule has 4 heteroatoms. The number of nitrogens with zero attached hydrogens (tertiary/aromatic N) is 2. The van der Waals surface area contributed by atoms with Crippen LogP contribution in [-0.4, -0.2) is 15.6 Å². The number of ketones is 1. The SMILES string of the molecule is Cn1ccc(CC(=O)c2ccc(Cl)cc2)n1. The fourth-order valence-corrected chi connectivity index (χ4v) is 1.59. The summed E-state index contributed by atoms with van der Waals surface area (Å²) in [6.07, 6.45) is 2.15. The van der Waals surface area contributed by atoms with Gasteiger partial charge in [0.05, 0.1) is 12.1 Å². The monoisotopic (exact) mass is 234 g/mol. The van der Waals surface area contributed by atoms with Gasteiger partial charge in [-0.25, -0.2) is 0 Å². The molecular weight excluding hydrogens is 224 g/mol. The topological polar surface area (TPSA) is 34.9 Å². The van der Waals surface area contributed by atoms with Gasteiger partial charge in [-0.05, 0) is 30.3 Å². The van der Waals surface area contributed by atoms with E-state index in [1.807, 2.05) is 19.3 Å². The quantitative estimate of drug-likeness (QED) is 0.765. The Labute approximate surface area is 98.7 Å². The fourth-order valence-electron chi connectivity index (χ4n) is 1.46. The van der Waals surface area contributed by atoms with E-state index in [9.17, 15) is 4.79 Å². The van der Waals surface area contributed by atoms with Gasteiger partial charge in [-0.15, -0.1) is 0 Å². The van der Waals surface area contributed by atoms with E-state index in [0.29, 0.717) is 17.0 Å². The Kier molecular flexibility index (Phi) is 3.06.